The highest BCUT2D eigenvalue weighted by atomic mass is 15.1. The Kier molecular flexibility index (Phi) is 3.89. The lowest BCUT2D eigenvalue weighted by Crippen LogP contribution is -2.29. The number of nitrogens with zero attached hydrogens (tertiary/aromatic N) is 1. The molecule has 0 aromatic heterocycles. The van der Waals surface area contributed by atoms with Gasteiger partial charge in [-0.2, -0.15) is 0 Å². The molecule has 1 aromatic carbocycles. The fourth-order valence-electron chi connectivity index (χ4n) is 2.37. The lowest BCUT2D eigenvalue weighted by atomic mass is 10.1. The first-order valence-corrected chi connectivity index (χ1v) is 6.42. The van der Waals surface area contributed by atoms with Crippen molar-refractivity contribution in [2.45, 2.75) is 25.8 Å². The highest BCUT2D eigenvalue weighted by Crippen LogP contribution is 2.22. The zero-order chi connectivity index (χ0) is 12.3. The van der Waals surface area contributed by atoms with Crippen molar-refractivity contribution in [3.05, 3.63) is 23.8 Å². The van der Waals surface area contributed by atoms with Gasteiger partial charge in [-0.15, -0.1) is 0 Å². The molecule has 0 radical (unpaired) electrons. The number of hydrogen-bond donors (Lipinski definition) is 2. The molecular weight excluding hydrogens is 210 g/mol. The van der Waals surface area contributed by atoms with Crippen LogP contribution in [0.2, 0.25) is 0 Å². The summed E-state index contributed by atoms with van der Waals surface area (Å²) in [4.78, 5) is 2.16. The summed E-state index contributed by atoms with van der Waals surface area (Å²) in [5, 5.41) is 7.02. The van der Waals surface area contributed by atoms with Crippen LogP contribution in [0.1, 0.15) is 18.4 Å². The molecule has 17 heavy (non-hydrogen) atoms. The molecule has 1 heterocycles. The number of aryl methyl sites for hydroxylation is 1. The number of rotatable bonds is 4. The van der Waals surface area contributed by atoms with Crippen LogP contribution in [0.5, 0.6) is 0 Å². The fraction of sp³-hybridized carbons (Fsp3) is 0.571. The maximum atomic E-state index is 3.52. The standard InChI is InChI=1S/C14H23N3/c1-11-6-7-12(9-14(11)17(2)3)16-10-13-5-4-8-15-13/h6-7,9,13,15-16H,4-5,8,10H2,1-3H3. The van der Waals surface area contributed by atoms with E-state index in [9.17, 15) is 0 Å². The lowest BCUT2D eigenvalue weighted by molar-refractivity contribution is 0.633. The van der Waals surface area contributed by atoms with Gasteiger partial charge in [-0.1, -0.05) is 6.07 Å². The van der Waals surface area contributed by atoms with Crippen LogP contribution in [0.4, 0.5) is 11.4 Å². The van der Waals surface area contributed by atoms with Crippen molar-refractivity contribution in [3.63, 3.8) is 0 Å². The summed E-state index contributed by atoms with van der Waals surface area (Å²) in [6.07, 6.45) is 2.60. The van der Waals surface area contributed by atoms with Crippen LogP contribution in [-0.2, 0) is 0 Å². The fourth-order valence-corrected chi connectivity index (χ4v) is 2.37. The third-order valence-electron chi connectivity index (χ3n) is 3.41. The molecule has 1 aliphatic heterocycles. The van der Waals surface area contributed by atoms with E-state index < -0.39 is 0 Å². The molecular formula is C14H23N3. The van der Waals surface area contributed by atoms with Crippen molar-refractivity contribution >= 4 is 11.4 Å². The van der Waals surface area contributed by atoms with Gasteiger partial charge in [-0.05, 0) is 44.0 Å². The van der Waals surface area contributed by atoms with Crippen LogP contribution >= 0.6 is 0 Å². The molecule has 1 aromatic rings. The first kappa shape index (κ1) is 12.2. The lowest BCUT2D eigenvalue weighted by Gasteiger charge is -2.18. The van der Waals surface area contributed by atoms with Gasteiger partial charge >= 0.3 is 0 Å². The SMILES string of the molecule is Cc1ccc(NCC2CCCN2)cc1N(C)C. The minimum Gasteiger partial charge on any atom is -0.383 e. The van der Waals surface area contributed by atoms with Crippen LogP contribution in [0, 0.1) is 6.92 Å². The van der Waals surface area contributed by atoms with Gasteiger partial charge in [-0.25, -0.2) is 0 Å². The van der Waals surface area contributed by atoms with E-state index in [-0.39, 0.29) is 0 Å². The van der Waals surface area contributed by atoms with Crippen molar-refractivity contribution in [1.82, 2.24) is 5.32 Å². The van der Waals surface area contributed by atoms with Crippen LogP contribution in [-0.4, -0.2) is 33.2 Å². The van der Waals surface area contributed by atoms with Crippen LogP contribution < -0.4 is 15.5 Å². The average molecular weight is 233 g/mol. The van der Waals surface area contributed by atoms with E-state index in [1.165, 1.54) is 36.3 Å². The van der Waals surface area contributed by atoms with Crippen LogP contribution in [0.25, 0.3) is 0 Å². The number of hydrogen-bond acceptors (Lipinski definition) is 3. The monoisotopic (exact) mass is 233 g/mol. The molecule has 94 valence electrons. The second kappa shape index (κ2) is 5.41. The zero-order valence-corrected chi connectivity index (χ0v) is 11.1. The molecule has 2 rings (SSSR count). The van der Waals surface area contributed by atoms with Gasteiger partial charge in [0.2, 0.25) is 0 Å². The van der Waals surface area contributed by atoms with Gasteiger partial charge in [0.25, 0.3) is 0 Å². The largest absolute Gasteiger partial charge is 0.383 e. The molecule has 0 spiro atoms. The average Bonchev–Trinajstić information content (AvgIpc) is 2.80. The van der Waals surface area contributed by atoms with Gasteiger partial charge in [0, 0.05) is 38.1 Å². The number of nitrogens with one attached hydrogen (secondary N) is 2. The molecule has 2 N–H and O–H groups in total. The Balaban J connectivity index is 1.98. The minimum atomic E-state index is 0.638. The van der Waals surface area contributed by atoms with Gasteiger partial charge in [0.05, 0.1) is 0 Å². The topological polar surface area (TPSA) is 27.3 Å². The van der Waals surface area contributed by atoms with Crippen molar-refractivity contribution in [3.8, 4) is 0 Å². The van der Waals surface area contributed by atoms with E-state index in [4.69, 9.17) is 0 Å². The van der Waals surface area contributed by atoms with E-state index in [0.29, 0.717) is 6.04 Å². The zero-order valence-electron chi connectivity index (χ0n) is 11.1. The Morgan fingerprint density at radius 1 is 1.41 bits per heavy atom. The van der Waals surface area contributed by atoms with Gasteiger partial charge in [0.15, 0.2) is 0 Å². The third kappa shape index (κ3) is 3.13. The maximum absolute atomic E-state index is 3.52. The summed E-state index contributed by atoms with van der Waals surface area (Å²) < 4.78 is 0. The predicted molar refractivity (Wildman–Crippen MR) is 75.0 cm³/mol. The second-order valence-electron chi connectivity index (χ2n) is 5.07. The summed E-state index contributed by atoms with van der Waals surface area (Å²) in [5.74, 6) is 0. The third-order valence-corrected chi connectivity index (χ3v) is 3.41. The summed E-state index contributed by atoms with van der Waals surface area (Å²) >= 11 is 0. The molecule has 1 fully saturated rings. The molecule has 1 saturated heterocycles. The highest BCUT2D eigenvalue weighted by molar-refractivity contribution is 5.61. The molecule has 3 nitrogen and oxygen atoms in total. The van der Waals surface area contributed by atoms with Gasteiger partial charge in [0.1, 0.15) is 0 Å². The Morgan fingerprint density at radius 3 is 2.88 bits per heavy atom. The van der Waals surface area contributed by atoms with Crippen LogP contribution in [0.15, 0.2) is 18.2 Å². The Bertz CT molecular complexity index is 368. The molecule has 0 saturated carbocycles. The first-order valence-electron chi connectivity index (χ1n) is 6.42. The molecule has 1 atom stereocenters. The Hall–Kier alpha value is -1.22. The van der Waals surface area contributed by atoms with Crippen molar-refractivity contribution in [2.24, 2.45) is 0 Å². The molecule has 3 heteroatoms. The quantitative estimate of drug-likeness (QED) is 0.835. The van der Waals surface area contributed by atoms with E-state index in [2.05, 4.69) is 54.8 Å². The van der Waals surface area contributed by atoms with E-state index in [0.717, 1.165) is 6.54 Å². The van der Waals surface area contributed by atoms with Crippen molar-refractivity contribution in [1.29, 1.82) is 0 Å². The molecule has 0 amide bonds. The Morgan fingerprint density at radius 2 is 2.24 bits per heavy atom. The number of anilines is 2. The predicted octanol–water partition coefficient (Wildman–Crippen LogP) is 2.22. The van der Waals surface area contributed by atoms with E-state index >= 15 is 0 Å². The maximum Gasteiger partial charge on any atom is 0.0411 e. The van der Waals surface area contributed by atoms with E-state index in [1.54, 1.807) is 0 Å². The first-order chi connectivity index (χ1) is 8.16. The minimum absolute atomic E-state index is 0.638. The summed E-state index contributed by atoms with van der Waals surface area (Å²) in [5.41, 5.74) is 3.82. The molecule has 1 unspecified atom stereocenters. The van der Waals surface area contributed by atoms with Gasteiger partial charge in [-0.3, -0.25) is 0 Å². The Labute approximate surface area is 104 Å². The summed E-state index contributed by atoms with van der Waals surface area (Å²) in [6, 6.07) is 7.21. The molecule has 1 aliphatic rings. The highest BCUT2D eigenvalue weighted by Gasteiger charge is 2.13. The van der Waals surface area contributed by atoms with Crippen LogP contribution in [0.3, 0.4) is 0 Å². The summed E-state index contributed by atoms with van der Waals surface area (Å²) in [7, 11) is 4.18. The van der Waals surface area contributed by atoms with Crippen molar-refractivity contribution in [2.75, 3.05) is 37.4 Å². The second-order valence-corrected chi connectivity index (χ2v) is 5.07. The van der Waals surface area contributed by atoms with Crippen molar-refractivity contribution < 1.29 is 0 Å². The smallest absolute Gasteiger partial charge is 0.0411 e. The molecule has 0 aliphatic carbocycles. The number of benzene rings is 1. The van der Waals surface area contributed by atoms with E-state index in [1.807, 2.05) is 0 Å². The van der Waals surface area contributed by atoms with Gasteiger partial charge < -0.3 is 15.5 Å². The molecule has 0 bridgehead atoms. The normalized spacial score (nSPS) is 19.4. The summed E-state index contributed by atoms with van der Waals surface area (Å²) in [6.45, 7) is 4.34.